The lowest BCUT2D eigenvalue weighted by Crippen LogP contribution is -2.41. The second-order valence-electron chi connectivity index (χ2n) is 5.93. The van der Waals surface area contributed by atoms with Gasteiger partial charge in [0.2, 0.25) is 0 Å². The van der Waals surface area contributed by atoms with Crippen LogP contribution in [0.3, 0.4) is 0 Å². The van der Waals surface area contributed by atoms with Crippen molar-refractivity contribution < 1.29 is 0 Å². The van der Waals surface area contributed by atoms with Gasteiger partial charge in [0.15, 0.2) is 0 Å². The Morgan fingerprint density at radius 3 is 2.61 bits per heavy atom. The maximum atomic E-state index is 8.91. The van der Waals surface area contributed by atoms with E-state index in [9.17, 15) is 0 Å². The molecule has 0 aromatic heterocycles. The Hall–Kier alpha value is -0.240. The summed E-state index contributed by atoms with van der Waals surface area (Å²) in [5.74, 6) is 1.09. The maximum Gasteiger partial charge on any atom is 0.0656 e. The fraction of sp³-hybridized carbons (Fsp3) is 0.929. The molecule has 0 bridgehead atoms. The van der Waals surface area contributed by atoms with E-state index in [0.29, 0.717) is 5.37 Å². The van der Waals surface area contributed by atoms with Crippen LogP contribution < -0.4 is 0 Å². The fourth-order valence-corrected chi connectivity index (χ4v) is 3.77. The average Bonchev–Trinajstić information content (AvgIpc) is 2.39. The van der Waals surface area contributed by atoms with Gasteiger partial charge in [-0.15, -0.1) is 0 Å². The first-order chi connectivity index (χ1) is 8.69. The average molecular weight is 267 g/mol. The number of hydrogen-bond acceptors (Lipinski definition) is 4. The van der Waals surface area contributed by atoms with Crippen LogP contribution in [0, 0.1) is 23.2 Å². The summed E-state index contributed by atoms with van der Waals surface area (Å²) in [5, 5.41) is 9.30. The second-order valence-corrected chi connectivity index (χ2v) is 6.52. The summed E-state index contributed by atoms with van der Waals surface area (Å²) >= 11 is 4.80. The van der Waals surface area contributed by atoms with E-state index in [-0.39, 0.29) is 5.92 Å². The molecule has 0 radical (unpaired) electrons. The molecule has 0 spiro atoms. The van der Waals surface area contributed by atoms with Gasteiger partial charge >= 0.3 is 0 Å². The number of nitriles is 1. The molecule has 18 heavy (non-hydrogen) atoms. The summed E-state index contributed by atoms with van der Waals surface area (Å²) in [6.07, 6.45) is 5.94. The van der Waals surface area contributed by atoms with E-state index < -0.39 is 0 Å². The molecule has 0 N–H and O–H groups in total. The summed E-state index contributed by atoms with van der Waals surface area (Å²) < 4.78 is 0. The normalized spacial score (nSPS) is 29.9. The van der Waals surface area contributed by atoms with Crippen molar-refractivity contribution in [2.45, 2.75) is 37.5 Å². The minimum Gasteiger partial charge on any atom is -0.306 e. The molecule has 2 saturated heterocycles. The van der Waals surface area contributed by atoms with Gasteiger partial charge in [-0.05, 0) is 51.6 Å². The Kier molecular flexibility index (Phi) is 5.35. The summed E-state index contributed by atoms with van der Waals surface area (Å²) in [6.45, 7) is 4.58. The molecule has 2 aliphatic rings. The lowest BCUT2D eigenvalue weighted by atomic mass is 9.93. The van der Waals surface area contributed by atoms with Gasteiger partial charge < -0.3 is 4.90 Å². The molecule has 0 aromatic rings. The lowest BCUT2D eigenvalue weighted by Gasteiger charge is -2.37. The van der Waals surface area contributed by atoms with E-state index in [4.69, 9.17) is 17.9 Å². The quantitative estimate of drug-likeness (QED) is 0.795. The van der Waals surface area contributed by atoms with E-state index in [0.717, 1.165) is 31.8 Å². The molecule has 2 atom stereocenters. The number of nitrogens with zero attached hydrogens (tertiary/aromatic N) is 3. The Bertz CT molecular complexity index is 294. The molecule has 0 aliphatic carbocycles. The molecule has 2 aliphatic heterocycles. The summed E-state index contributed by atoms with van der Waals surface area (Å²) in [5.41, 5.74) is 0. The van der Waals surface area contributed by atoms with Crippen molar-refractivity contribution in [3.63, 3.8) is 0 Å². The van der Waals surface area contributed by atoms with E-state index in [1.807, 2.05) is 0 Å². The van der Waals surface area contributed by atoms with Crippen LogP contribution in [-0.2, 0) is 0 Å². The largest absolute Gasteiger partial charge is 0.306 e. The molecular weight excluding hydrogens is 242 g/mol. The highest BCUT2D eigenvalue weighted by Gasteiger charge is 2.26. The third kappa shape index (κ3) is 3.88. The van der Waals surface area contributed by atoms with Gasteiger partial charge in [-0.25, -0.2) is 0 Å². The second kappa shape index (κ2) is 6.79. The highest BCUT2D eigenvalue weighted by Crippen LogP contribution is 2.26. The van der Waals surface area contributed by atoms with Crippen molar-refractivity contribution in [2.24, 2.45) is 11.8 Å². The first-order valence-electron chi connectivity index (χ1n) is 7.19. The van der Waals surface area contributed by atoms with Crippen molar-refractivity contribution in [3.8, 4) is 6.07 Å². The Morgan fingerprint density at radius 2 is 2.00 bits per heavy atom. The van der Waals surface area contributed by atoms with Gasteiger partial charge in [-0.3, -0.25) is 4.90 Å². The van der Waals surface area contributed by atoms with Crippen LogP contribution in [0.5, 0.6) is 0 Å². The predicted molar refractivity (Wildman–Crippen MR) is 77.5 cm³/mol. The molecule has 2 rings (SSSR count). The first-order valence-corrected chi connectivity index (χ1v) is 7.71. The predicted octanol–water partition coefficient (Wildman–Crippen LogP) is 2.21. The van der Waals surface area contributed by atoms with E-state index in [1.165, 1.54) is 32.4 Å². The highest BCUT2D eigenvalue weighted by molar-refractivity contribution is 7.80. The van der Waals surface area contributed by atoms with Crippen molar-refractivity contribution in [3.05, 3.63) is 0 Å². The molecular formula is C14H25N3S. The number of likely N-dealkylation sites (tertiary alicyclic amines) is 2. The Morgan fingerprint density at radius 1 is 1.28 bits per heavy atom. The summed E-state index contributed by atoms with van der Waals surface area (Å²) in [4.78, 5) is 4.90. The number of piperidine rings is 2. The smallest absolute Gasteiger partial charge is 0.0656 e. The fourth-order valence-electron chi connectivity index (χ4n) is 3.24. The Labute approximate surface area is 117 Å². The van der Waals surface area contributed by atoms with Crippen molar-refractivity contribution in [1.82, 2.24) is 9.80 Å². The van der Waals surface area contributed by atoms with Gasteiger partial charge in [0, 0.05) is 25.6 Å². The SMILES string of the molecule is CN1CCCC(CC(S)N2CCC(C#N)CC2)C1. The van der Waals surface area contributed by atoms with Crippen molar-refractivity contribution in [1.29, 1.82) is 5.26 Å². The highest BCUT2D eigenvalue weighted by atomic mass is 32.1. The third-order valence-corrected chi connectivity index (χ3v) is 4.94. The molecule has 0 aromatic carbocycles. The standard InChI is InChI=1S/C14H25N3S/c1-16-6-2-3-13(11-16)9-14(18)17-7-4-12(10-15)5-8-17/h12-14,18H,2-9,11H2,1H3. The van der Waals surface area contributed by atoms with Crippen LogP contribution >= 0.6 is 12.6 Å². The van der Waals surface area contributed by atoms with Gasteiger partial charge in [-0.1, -0.05) is 0 Å². The number of thiol groups is 1. The summed E-state index contributed by atoms with van der Waals surface area (Å²) in [6, 6.07) is 2.39. The molecule has 4 heteroatoms. The van der Waals surface area contributed by atoms with E-state index in [2.05, 4.69) is 22.9 Å². The van der Waals surface area contributed by atoms with Gasteiger partial charge in [0.25, 0.3) is 0 Å². The van der Waals surface area contributed by atoms with Crippen LogP contribution in [0.1, 0.15) is 32.1 Å². The number of rotatable bonds is 3. The molecule has 2 fully saturated rings. The van der Waals surface area contributed by atoms with Crippen LogP contribution in [0.25, 0.3) is 0 Å². The molecule has 0 amide bonds. The number of hydrogen-bond donors (Lipinski definition) is 1. The van der Waals surface area contributed by atoms with Crippen molar-refractivity contribution in [2.75, 3.05) is 33.2 Å². The summed E-state index contributed by atoms with van der Waals surface area (Å²) in [7, 11) is 2.22. The van der Waals surface area contributed by atoms with Gasteiger partial charge in [-0.2, -0.15) is 17.9 Å². The van der Waals surface area contributed by atoms with Crippen molar-refractivity contribution >= 4 is 12.6 Å². The van der Waals surface area contributed by atoms with Gasteiger partial charge in [0.05, 0.1) is 11.4 Å². The zero-order valence-corrected chi connectivity index (χ0v) is 12.3. The lowest BCUT2D eigenvalue weighted by molar-refractivity contribution is 0.145. The third-order valence-electron chi connectivity index (χ3n) is 4.40. The minimum absolute atomic E-state index is 0.280. The first kappa shape index (κ1) is 14.2. The van der Waals surface area contributed by atoms with Crippen LogP contribution in [-0.4, -0.2) is 48.4 Å². The van der Waals surface area contributed by atoms with Crippen LogP contribution in [0.15, 0.2) is 0 Å². The topological polar surface area (TPSA) is 30.3 Å². The molecule has 0 saturated carbocycles. The zero-order chi connectivity index (χ0) is 13.0. The van der Waals surface area contributed by atoms with Crippen LogP contribution in [0.2, 0.25) is 0 Å². The maximum absolute atomic E-state index is 8.91. The molecule has 3 nitrogen and oxygen atoms in total. The molecule has 2 heterocycles. The zero-order valence-electron chi connectivity index (χ0n) is 11.4. The molecule has 2 unspecified atom stereocenters. The minimum atomic E-state index is 0.280. The van der Waals surface area contributed by atoms with E-state index >= 15 is 0 Å². The van der Waals surface area contributed by atoms with Gasteiger partial charge in [0.1, 0.15) is 0 Å². The van der Waals surface area contributed by atoms with Crippen LogP contribution in [0.4, 0.5) is 0 Å². The monoisotopic (exact) mass is 267 g/mol. The Balaban J connectivity index is 1.74. The molecule has 102 valence electrons. The van der Waals surface area contributed by atoms with E-state index in [1.54, 1.807) is 0 Å².